The van der Waals surface area contributed by atoms with E-state index in [4.69, 9.17) is 15.2 Å². The molecule has 0 aliphatic rings. The lowest BCUT2D eigenvalue weighted by Gasteiger charge is -2.15. The van der Waals surface area contributed by atoms with Crippen LogP contribution in [0.2, 0.25) is 0 Å². The molecule has 26 heavy (non-hydrogen) atoms. The summed E-state index contributed by atoms with van der Waals surface area (Å²) in [5, 5.41) is 7.27. The van der Waals surface area contributed by atoms with Crippen LogP contribution in [0.5, 0.6) is 11.5 Å². The van der Waals surface area contributed by atoms with E-state index in [2.05, 4.69) is 10.4 Å². The number of ether oxygens (including phenoxy) is 2. The molecule has 0 aliphatic heterocycles. The molecule has 1 aromatic heterocycles. The Morgan fingerprint density at radius 3 is 2.58 bits per heavy atom. The summed E-state index contributed by atoms with van der Waals surface area (Å²) in [6.07, 6.45) is 2.14. The number of carbonyl (C=O) groups excluding carboxylic acids is 1. The van der Waals surface area contributed by atoms with Crippen LogP contribution in [0.1, 0.15) is 36.2 Å². The normalized spacial score (nSPS) is 11.4. The molecule has 0 spiro atoms. The third-order valence-corrected chi connectivity index (χ3v) is 4.09. The summed E-state index contributed by atoms with van der Waals surface area (Å²) in [7, 11) is 3.15. The average molecular weight is 383 g/mol. The van der Waals surface area contributed by atoms with E-state index >= 15 is 0 Å². The van der Waals surface area contributed by atoms with Crippen LogP contribution in [-0.2, 0) is 17.9 Å². The van der Waals surface area contributed by atoms with Gasteiger partial charge < -0.3 is 20.5 Å². The summed E-state index contributed by atoms with van der Waals surface area (Å²) in [6.45, 7) is 5.21. The van der Waals surface area contributed by atoms with E-state index in [9.17, 15) is 4.79 Å². The van der Waals surface area contributed by atoms with Crippen LogP contribution < -0.4 is 20.5 Å². The average Bonchev–Trinajstić information content (AvgIpc) is 2.99. The second kappa shape index (κ2) is 10.0. The summed E-state index contributed by atoms with van der Waals surface area (Å²) in [5.41, 5.74) is 8.92. The predicted molar refractivity (Wildman–Crippen MR) is 103 cm³/mol. The van der Waals surface area contributed by atoms with Gasteiger partial charge in [-0.3, -0.25) is 9.48 Å². The number of aryl methyl sites for hydroxylation is 2. The molecule has 0 bridgehead atoms. The number of nitrogens with one attached hydrogen (secondary N) is 1. The molecule has 144 valence electrons. The van der Waals surface area contributed by atoms with E-state index < -0.39 is 6.04 Å². The van der Waals surface area contributed by atoms with Gasteiger partial charge in [-0.25, -0.2) is 0 Å². The van der Waals surface area contributed by atoms with Gasteiger partial charge in [-0.15, -0.1) is 12.4 Å². The highest BCUT2D eigenvalue weighted by atomic mass is 35.5. The highest BCUT2D eigenvalue weighted by Crippen LogP contribution is 2.30. The minimum atomic E-state index is -0.417. The third-order valence-electron chi connectivity index (χ3n) is 4.09. The van der Waals surface area contributed by atoms with Crippen molar-refractivity contribution in [3.05, 3.63) is 41.2 Å². The van der Waals surface area contributed by atoms with Crippen LogP contribution >= 0.6 is 12.4 Å². The van der Waals surface area contributed by atoms with Gasteiger partial charge in [0.15, 0.2) is 11.5 Å². The fraction of sp³-hybridized carbons (Fsp3) is 0.444. The number of hydrogen-bond acceptors (Lipinski definition) is 5. The largest absolute Gasteiger partial charge is 0.493 e. The fourth-order valence-corrected chi connectivity index (χ4v) is 2.56. The van der Waals surface area contributed by atoms with E-state index in [1.807, 2.05) is 30.8 Å². The Labute approximate surface area is 160 Å². The number of rotatable bonds is 8. The molecule has 1 unspecified atom stereocenters. The Morgan fingerprint density at radius 2 is 2.00 bits per heavy atom. The van der Waals surface area contributed by atoms with Gasteiger partial charge in [0, 0.05) is 37.3 Å². The van der Waals surface area contributed by atoms with Crippen molar-refractivity contribution in [2.75, 3.05) is 14.2 Å². The Kier molecular flexibility index (Phi) is 8.41. The molecular formula is C18H27ClN4O3. The van der Waals surface area contributed by atoms with Crippen molar-refractivity contribution in [2.24, 2.45) is 5.73 Å². The second-order valence-corrected chi connectivity index (χ2v) is 5.80. The van der Waals surface area contributed by atoms with Crippen molar-refractivity contribution in [1.29, 1.82) is 0 Å². The molecule has 7 nitrogen and oxygen atoms in total. The number of halogens is 1. The highest BCUT2D eigenvalue weighted by molar-refractivity contribution is 5.85. The molecule has 1 heterocycles. The zero-order valence-corrected chi connectivity index (χ0v) is 16.4. The number of methoxy groups -OCH3 is 2. The number of benzene rings is 1. The smallest absolute Gasteiger partial charge is 0.222 e. The lowest BCUT2D eigenvalue weighted by molar-refractivity contribution is -0.121. The van der Waals surface area contributed by atoms with Crippen molar-refractivity contribution in [2.45, 2.75) is 39.4 Å². The lowest BCUT2D eigenvalue weighted by Crippen LogP contribution is -2.27. The summed E-state index contributed by atoms with van der Waals surface area (Å²) in [4.78, 5) is 12.2. The molecule has 1 atom stereocenters. The van der Waals surface area contributed by atoms with E-state index in [1.54, 1.807) is 26.4 Å². The van der Waals surface area contributed by atoms with Crippen LogP contribution in [0, 0.1) is 6.92 Å². The van der Waals surface area contributed by atoms with Crippen molar-refractivity contribution in [3.8, 4) is 11.5 Å². The van der Waals surface area contributed by atoms with Gasteiger partial charge in [0.1, 0.15) is 0 Å². The molecular weight excluding hydrogens is 356 g/mol. The van der Waals surface area contributed by atoms with Crippen LogP contribution in [0.25, 0.3) is 0 Å². The van der Waals surface area contributed by atoms with E-state index in [0.717, 1.165) is 23.4 Å². The summed E-state index contributed by atoms with van der Waals surface area (Å²) in [5.74, 6) is 1.12. The Hall–Kier alpha value is -2.25. The standard InChI is InChI=1S/C18H26N4O3.ClH/c1-5-22-11-14(12(2)21-22)10-20-18(23)9-15(19)13-6-7-16(24-3)17(8-13)25-4;/h6-8,11,15H,5,9-10,19H2,1-4H3,(H,20,23);1H. The zero-order valence-electron chi connectivity index (χ0n) is 15.6. The number of hydrogen-bond donors (Lipinski definition) is 2. The number of aromatic nitrogens is 2. The van der Waals surface area contributed by atoms with Gasteiger partial charge >= 0.3 is 0 Å². The maximum atomic E-state index is 12.2. The van der Waals surface area contributed by atoms with Crippen LogP contribution in [0.15, 0.2) is 24.4 Å². The van der Waals surface area contributed by atoms with Gasteiger partial charge in [-0.1, -0.05) is 6.07 Å². The molecule has 0 saturated carbocycles. The van der Waals surface area contributed by atoms with Gasteiger partial charge in [-0.05, 0) is 31.5 Å². The molecule has 3 N–H and O–H groups in total. The van der Waals surface area contributed by atoms with Crippen LogP contribution in [-0.4, -0.2) is 29.9 Å². The first-order chi connectivity index (χ1) is 12.0. The summed E-state index contributed by atoms with van der Waals surface area (Å²) < 4.78 is 12.3. The minimum Gasteiger partial charge on any atom is -0.493 e. The number of nitrogens with zero attached hydrogens (tertiary/aromatic N) is 2. The maximum Gasteiger partial charge on any atom is 0.222 e. The quantitative estimate of drug-likeness (QED) is 0.731. The minimum absolute atomic E-state index is 0. The first-order valence-electron chi connectivity index (χ1n) is 8.25. The molecule has 8 heteroatoms. The van der Waals surface area contributed by atoms with E-state index in [-0.39, 0.29) is 24.7 Å². The van der Waals surface area contributed by atoms with Gasteiger partial charge in [0.2, 0.25) is 5.91 Å². The Morgan fingerprint density at radius 1 is 1.31 bits per heavy atom. The number of carbonyl (C=O) groups is 1. The highest BCUT2D eigenvalue weighted by Gasteiger charge is 2.15. The molecule has 0 aliphatic carbocycles. The Bertz CT molecular complexity index is 733. The molecule has 2 aromatic rings. The maximum absolute atomic E-state index is 12.2. The van der Waals surface area contributed by atoms with E-state index in [1.165, 1.54) is 0 Å². The molecule has 0 fully saturated rings. The third kappa shape index (κ3) is 5.37. The SMILES string of the molecule is CCn1cc(CNC(=O)CC(N)c2ccc(OC)c(OC)c2)c(C)n1.Cl. The number of nitrogens with two attached hydrogens (primary N) is 1. The monoisotopic (exact) mass is 382 g/mol. The molecule has 1 aromatic carbocycles. The number of amides is 1. The zero-order chi connectivity index (χ0) is 18.4. The predicted octanol–water partition coefficient (Wildman–Crippen LogP) is 2.36. The topological polar surface area (TPSA) is 91.4 Å². The molecule has 0 saturated heterocycles. The Balaban J connectivity index is 0.00000338. The second-order valence-electron chi connectivity index (χ2n) is 5.80. The van der Waals surface area contributed by atoms with Crippen molar-refractivity contribution in [3.63, 3.8) is 0 Å². The van der Waals surface area contributed by atoms with Gasteiger partial charge in [0.05, 0.1) is 19.9 Å². The first kappa shape index (κ1) is 21.8. The molecule has 0 radical (unpaired) electrons. The van der Waals surface area contributed by atoms with Gasteiger partial charge in [0.25, 0.3) is 0 Å². The summed E-state index contributed by atoms with van der Waals surface area (Å²) in [6, 6.07) is 5.01. The van der Waals surface area contributed by atoms with Gasteiger partial charge in [-0.2, -0.15) is 5.10 Å². The fourth-order valence-electron chi connectivity index (χ4n) is 2.56. The van der Waals surface area contributed by atoms with Crippen molar-refractivity contribution >= 4 is 18.3 Å². The van der Waals surface area contributed by atoms with E-state index in [0.29, 0.717) is 18.0 Å². The van der Waals surface area contributed by atoms with Crippen molar-refractivity contribution in [1.82, 2.24) is 15.1 Å². The first-order valence-corrected chi connectivity index (χ1v) is 8.25. The van der Waals surface area contributed by atoms with Crippen LogP contribution in [0.4, 0.5) is 0 Å². The summed E-state index contributed by atoms with van der Waals surface area (Å²) >= 11 is 0. The van der Waals surface area contributed by atoms with Crippen molar-refractivity contribution < 1.29 is 14.3 Å². The lowest BCUT2D eigenvalue weighted by atomic mass is 10.0. The molecule has 2 rings (SSSR count). The van der Waals surface area contributed by atoms with Crippen LogP contribution in [0.3, 0.4) is 0 Å². The molecule has 1 amide bonds.